The number of nitrogens with zero attached hydrogens (tertiary/aromatic N) is 5. The first kappa shape index (κ1) is 31.6. The summed E-state index contributed by atoms with van der Waals surface area (Å²) in [4.78, 5) is 30.6. The quantitative estimate of drug-likeness (QED) is 0.308. The number of nitrogens with one attached hydrogen (secondary N) is 2. The van der Waals surface area contributed by atoms with E-state index < -0.39 is 17.5 Å². The Balaban J connectivity index is 1.47. The van der Waals surface area contributed by atoms with Crippen molar-refractivity contribution in [2.75, 3.05) is 42.6 Å². The number of hydrogen-bond acceptors (Lipinski definition) is 7. The van der Waals surface area contributed by atoms with Crippen molar-refractivity contribution in [2.45, 2.75) is 65.0 Å². The summed E-state index contributed by atoms with van der Waals surface area (Å²) in [5.74, 6) is -1.89. The van der Waals surface area contributed by atoms with Crippen LogP contribution in [-0.4, -0.2) is 70.5 Å². The molecule has 2 fully saturated rings. The molecule has 0 spiro atoms. The van der Waals surface area contributed by atoms with Gasteiger partial charge in [0.2, 0.25) is 0 Å². The average molecular weight is 629 g/mol. The predicted molar refractivity (Wildman–Crippen MR) is 168 cm³/mol. The highest BCUT2D eigenvalue weighted by molar-refractivity contribution is 6.35. The number of aromatic nitrogens is 3. The molecule has 1 saturated carbocycles. The van der Waals surface area contributed by atoms with Gasteiger partial charge in [-0.1, -0.05) is 36.1 Å². The van der Waals surface area contributed by atoms with Crippen molar-refractivity contribution >= 4 is 40.5 Å². The van der Waals surface area contributed by atoms with Crippen LogP contribution in [0.1, 0.15) is 72.4 Å². The number of benzene rings is 2. The van der Waals surface area contributed by atoms with Gasteiger partial charge < -0.3 is 21.3 Å². The highest BCUT2D eigenvalue weighted by Crippen LogP contribution is 2.35. The second-order valence-electron chi connectivity index (χ2n) is 12.1. The summed E-state index contributed by atoms with van der Waals surface area (Å²) in [5, 5.41) is 13.7. The number of carbonyl (C=O) groups is 2. The molecule has 2 amide bonds. The van der Waals surface area contributed by atoms with Crippen LogP contribution in [0.4, 0.5) is 25.8 Å². The van der Waals surface area contributed by atoms with Crippen molar-refractivity contribution in [1.82, 2.24) is 25.2 Å². The smallest absolute Gasteiger partial charge is 0.273 e. The van der Waals surface area contributed by atoms with Gasteiger partial charge in [-0.3, -0.25) is 14.5 Å². The van der Waals surface area contributed by atoms with Crippen molar-refractivity contribution in [3.05, 3.63) is 57.9 Å². The summed E-state index contributed by atoms with van der Waals surface area (Å²) in [5.41, 5.74) is 6.40. The Bertz CT molecular complexity index is 1550. The molecule has 4 N–H and O–H groups in total. The molecule has 2 aliphatic rings. The maximum Gasteiger partial charge on any atom is 0.273 e. The van der Waals surface area contributed by atoms with E-state index in [1.165, 1.54) is 42.4 Å². The van der Waals surface area contributed by atoms with Crippen LogP contribution in [0, 0.1) is 24.5 Å². The molecule has 1 aliphatic carbocycles. The molecule has 2 heterocycles. The molecule has 2 aromatic carbocycles. The van der Waals surface area contributed by atoms with Crippen molar-refractivity contribution in [3.8, 4) is 5.69 Å². The van der Waals surface area contributed by atoms with Crippen LogP contribution in [-0.2, 0) is 0 Å². The minimum absolute atomic E-state index is 0.0148. The average Bonchev–Trinajstić information content (AvgIpc) is 3.50. The van der Waals surface area contributed by atoms with E-state index in [1.807, 2.05) is 11.9 Å². The molecule has 44 heavy (non-hydrogen) atoms. The topological polar surface area (TPSA) is 121 Å². The molecular formula is C31H39ClF2N8O2. The first-order valence-electron chi connectivity index (χ1n) is 15.0. The number of carbonyl (C=O) groups excluding carboxylic acids is 2. The SMILES string of the molecule is Cc1c(F)c(N)cc(C(=O)Nc2cc(-n3cc(C(=O)NCC4CCCCC4)nn3)c(F)cc2N2C[C@@H](C)N(C)[C@@H](C)C2)c1Cl. The molecule has 13 heteroatoms. The van der Waals surface area contributed by atoms with Gasteiger partial charge >= 0.3 is 0 Å². The Labute approximate surface area is 260 Å². The van der Waals surface area contributed by atoms with E-state index in [9.17, 15) is 14.0 Å². The van der Waals surface area contributed by atoms with Gasteiger partial charge in [-0.15, -0.1) is 5.10 Å². The first-order chi connectivity index (χ1) is 20.9. The molecule has 0 bridgehead atoms. The van der Waals surface area contributed by atoms with Gasteiger partial charge in [0.15, 0.2) is 17.3 Å². The Morgan fingerprint density at radius 1 is 1.05 bits per heavy atom. The van der Waals surface area contributed by atoms with Crippen LogP contribution in [0.2, 0.25) is 5.02 Å². The third-order valence-electron chi connectivity index (χ3n) is 8.96. The molecule has 5 rings (SSSR count). The Hall–Kier alpha value is -3.77. The summed E-state index contributed by atoms with van der Waals surface area (Å²) >= 11 is 6.34. The van der Waals surface area contributed by atoms with Crippen LogP contribution in [0.3, 0.4) is 0 Å². The van der Waals surface area contributed by atoms with E-state index in [1.54, 1.807) is 0 Å². The fourth-order valence-electron chi connectivity index (χ4n) is 6.05. The molecule has 1 aliphatic heterocycles. The molecule has 3 aromatic rings. The second-order valence-corrected chi connectivity index (χ2v) is 12.5. The number of piperazine rings is 1. The van der Waals surface area contributed by atoms with E-state index in [0.717, 1.165) is 25.7 Å². The fraction of sp³-hybridized carbons (Fsp3) is 0.484. The van der Waals surface area contributed by atoms with Crippen LogP contribution in [0.25, 0.3) is 5.69 Å². The lowest BCUT2D eigenvalue weighted by Crippen LogP contribution is -2.55. The minimum atomic E-state index is -0.693. The third-order valence-corrected chi connectivity index (χ3v) is 9.44. The number of amides is 2. The standard InChI is InChI=1S/C31H39ClF2N8O2/c1-17-14-41(15-18(2)40(17)4)27-11-22(33)26(12-24(27)37-30(43)21-10-23(35)29(34)19(3)28(21)32)42-16-25(38-39-42)31(44)36-13-20-8-6-5-7-9-20/h10-12,16-18,20H,5-9,13-15,35H2,1-4H3,(H,36,44)(H,37,43)/t17-,18+. The predicted octanol–water partition coefficient (Wildman–Crippen LogP) is 5.18. The Morgan fingerprint density at radius 3 is 2.41 bits per heavy atom. The van der Waals surface area contributed by atoms with E-state index in [4.69, 9.17) is 17.3 Å². The summed E-state index contributed by atoms with van der Waals surface area (Å²) in [6.45, 7) is 7.31. The van der Waals surface area contributed by atoms with Gasteiger partial charge in [0.05, 0.1) is 33.8 Å². The molecular weight excluding hydrogens is 590 g/mol. The fourth-order valence-corrected chi connectivity index (χ4v) is 6.27. The van der Waals surface area contributed by atoms with Gasteiger partial charge in [-0.2, -0.15) is 0 Å². The zero-order valence-electron chi connectivity index (χ0n) is 25.5. The molecule has 0 unspecified atom stereocenters. The number of halogens is 3. The molecule has 10 nitrogen and oxygen atoms in total. The van der Waals surface area contributed by atoms with Crippen LogP contribution < -0.4 is 21.3 Å². The maximum absolute atomic E-state index is 15.8. The number of anilines is 3. The summed E-state index contributed by atoms with van der Waals surface area (Å²) < 4.78 is 31.3. The monoisotopic (exact) mass is 628 g/mol. The zero-order valence-corrected chi connectivity index (χ0v) is 26.2. The highest BCUT2D eigenvalue weighted by Gasteiger charge is 2.30. The van der Waals surface area contributed by atoms with E-state index in [0.29, 0.717) is 31.2 Å². The Kier molecular flexibility index (Phi) is 9.40. The van der Waals surface area contributed by atoms with Gasteiger partial charge in [-0.05, 0) is 58.7 Å². The van der Waals surface area contributed by atoms with Gasteiger partial charge in [0, 0.05) is 43.3 Å². The van der Waals surface area contributed by atoms with Crippen LogP contribution >= 0.6 is 11.6 Å². The van der Waals surface area contributed by atoms with Crippen molar-refractivity contribution in [3.63, 3.8) is 0 Å². The third kappa shape index (κ3) is 6.51. The van der Waals surface area contributed by atoms with Crippen LogP contribution in [0.15, 0.2) is 24.4 Å². The van der Waals surface area contributed by atoms with Gasteiger partial charge in [-0.25, -0.2) is 13.5 Å². The van der Waals surface area contributed by atoms with Gasteiger partial charge in [0.1, 0.15) is 5.69 Å². The molecule has 0 radical (unpaired) electrons. The number of hydrogen-bond donors (Lipinski definition) is 3. The van der Waals surface area contributed by atoms with Crippen molar-refractivity contribution in [1.29, 1.82) is 0 Å². The molecule has 1 aromatic heterocycles. The van der Waals surface area contributed by atoms with E-state index in [-0.39, 0.29) is 56.9 Å². The highest BCUT2D eigenvalue weighted by atomic mass is 35.5. The normalized spacial score (nSPS) is 19.7. The molecule has 2 atom stereocenters. The summed E-state index contributed by atoms with van der Waals surface area (Å²) in [6, 6.07) is 4.28. The minimum Gasteiger partial charge on any atom is -0.396 e. The molecule has 1 saturated heterocycles. The number of nitrogens with two attached hydrogens (primary N) is 1. The summed E-state index contributed by atoms with van der Waals surface area (Å²) in [7, 11) is 2.04. The zero-order chi connectivity index (χ0) is 31.7. The summed E-state index contributed by atoms with van der Waals surface area (Å²) in [6.07, 6.45) is 7.08. The van der Waals surface area contributed by atoms with Crippen molar-refractivity contribution < 1.29 is 18.4 Å². The van der Waals surface area contributed by atoms with Gasteiger partial charge in [0.25, 0.3) is 11.8 Å². The number of rotatable bonds is 7. The second kappa shape index (κ2) is 13.1. The van der Waals surface area contributed by atoms with Crippen LogP contribution in [0.5, 0.6) is 0 Å². The number of likely N-dealkylation sites (N-methyl/N-ethyl adjacent to an activating group) is 1. The largest absolute Gasteiger partial charge is 0.396 e. The first-order valence-corrected chi connectivity index (χ1v) is 15.4. The lowest BCUT2D eigenvalue weighted by atomic mass is 9.89. The van der Waals surface area contributed by atoms with Crippen molar-refractivity contribution in [2.24, 2.45) is 5.92 Å². The molecule has 236 valence electrons. The maximum atomic E-state index is 15.8. The lowest BCUT2D eigenvalue weighted by Gasteiger charge is -2.44. The Morgan fingerprint density at radius 2 is 1.73 bits per heavy atom. The number of nitrogen functional groups attached to an aromatic ring is 1. The lowest BCUT2D eigenvalue weighted by molar-refractivity contribution is 0.0937. The van der Waals surface area contributed by atoms with E-state index in [2.05, 4.69) is 39.7 Å². The van der Waals surface area contributed by atoms with E-state index >= 15 is 4.39 Å².